The predicted octanol–water partition coefficient (Wildman–Crippen LogP) is 6.18. The Bertz CT molecular complexity index is 1140. The lowest BCUT2D eigenvalue weighted by Crippen LogP contribution is -2.32. The van der Waals surface area contributed by atoms with Crippen LogP contribution in [0.2, 0.25) is 0 Å². The van der Waals surface area contributed by atoms with Gasteiger partial charge in [-0.3, -0.25) is 0 Å². The van der Waals surface area contributed by atoms with Crippen LogP contribution in [0.5, 0.6) is 0 Å². The van der Waals surface area contributed by atoms with E-state index in [9.17, 15) is 0 Å². The summed E-state index contributed by atoms with van der Waals surface area (Å²) in [7, 11) is 2.17. The first-order valence-corrected chi connectivity index (χ1v) is 9.86. The lowest BCUT2D eigenvalue weighted by Gasteiger charge is -2.20. The molecular formula is C26H30N+. The Morgan fingerprint density at radius 2 is 1.56 bits per heavy atom. The van der Waals surface area contributed by atoms with Gasteiger partial charge in [-0.2, -0.15) is 0 Å². The van der Waals surface area contributed by atoms with E-state index in [2.05, 4.69) is 96.6 Å². The topological polar surface area (TPSA) is 3.88 Å². The Hall–Kier alpha value is -2.41. The van der Waals surface area contributed by atoms with E-state index in [0.29, 0.717) is 0 Å². The number of nitrogens with zero attached hydrogens (tertiary/aromatic N) is 1. The predicted molar refractivity (Wildman–Crippen MR) is 116 cm³/mol. The van der Waals surface area contributed by atoms with E-state index in [1.807, 2.05) is 0 Å². The van der Waals surface area contributed by atoms with Crippen molar-refractivity contribution in [3.05, 3.63) is 75.6 Å². The first-order valence-electron chi connectivity index (χ1n) is 9.86. The lowest BCUT2D eigenvalue weighted by molar-refractivity contribution is -0.672. The summed E-state index contributed by atoms with van der Waals surface area (Å²) in [5, 5.41) is 2.75. The summed E-state index contributed by atoms with van der Waals surface area (Å²) >= 11 is 0. The molecule has 0 atom stereocenters. The molecule has 0 fully saturated rings. The molecule has 4 rings (SSSR count). The van der Waals surface area contributed by atoms with E-state index in [4.69, 9.17) is 0 Å². The molecule has 0 aliphatic heterocycles. The summed E-state index contributed by atoms with van der Waals surface area (Å²) in [5.41, 5.74) is 12.6. The second-order valence-electron chi connectivity index (χ2n) is 9.27. The molecule has 1 aromatic heterocycles. The van der Waals surface area contributed by atoms with Crippen molar-refractivity contribution in [2.24, 2.45) is 7.05 Å². The molecule has 0 unspecified atom stereocenters. The highest BCUT2D eigenvalue weighted by Gasteiger charge is 2.32. The van der Waals surface area contributed by atoms with E-state index in [1.165, 1.54) is 61.0 Å². The minimum atomic E-state index is 0.141. The van der Waals surface area contributed by atoms with E-state index in [1.54, 1.807) is 0 Å². The summed E-state index contributed by atoms with van der Waals surface area (Å²) in [6.45, 7) is 15.9. The van der Waals surface area contributed by atoms with Gasteiger partial charge in [0.05, 0.1) is 11.0 Å². The number of benzene rings is 2. The van der Waals surface area contributed by atoms with Gasteiger partial charge < -0.3 is 0 Å². The highest BCUT2D eigenvalue weighted by atomic mass is 14.9. The molecule has 0 N–H and O–H groups in total. The maximum Gasteiger partial charge on any atom is 0.221 e. The Morgan fingerprint density at radius 1 is 0.852 bits per heavy atom. The number of allylic oxidation sites excluding steroid dienone is 1. The van der Waals surface area contributed by atoms with Crippen molar-refractivity contribution in [3.8, 4) is 0 Å². The lowest BCUT2D eigenvalue weighted by atomic mass is 9.84. The van der Waals surface area contributed by atoms with E-state index >= 15 is 0 Å². The Morgan fingerprint density at radius 3 is 2.22 bits per heavy atom. The first kappa shape index (κ1) is 18.0. The molecule has 1 aliphatic rings. The smallest absolute Gasteiger partial charge is 0.200 e. The zero-order valence-electron chi connectivity index (χ0n) is 17.9. The van der Waals surface area contributed by atoms with E-state index in [-0.39, 0.29) is 5.41 Å². The quantitative estimate of drug-likeness (QED) is 0.458. The number of rotatable bonds is 1. The molecule has 0 spiro atoms. The zero-order valence-corrected chi connectivity index (χ0v) is 17.9. The maximum absolute atomic E-state index is 2.42. The van der Waals surface area contributed by atoms with Gasteiger partial charge in [-0.25, -0.2) is 4.57 Å². The van der Waals surface area contributed by atoms with E-state index < -0.39 is 0 Å². The molecular weight excluding hydrogens is 326 g/mol. The summed E-state index contributed by atoms with van der Waals surface area (Å²) in [6, 6.07) is 11.7. The third-order valence-corrected chi connectivity index (χ3v) is 6.20. The molecule has 2 aromatic carbocycles. The van der Waals surface area contributed by atoms with Gasteiger partial charge >= 0.3 is 0 Å². The van der Waals surface area contributed by atoms with Gasteiger partial charge in [0.25, 0.3) is 0 Å². The van der Waals surface area contributed by atoms with Crippen molar-refractivity contribution in [3.63, 3.8) is 0 Å². The molecule has 0 amide bonds. The van der Waals surface area contributed by atoms with Crippen LogP contribution in [0.25, 0.3) is 21.9 Å². The third-order valence-electron chi connectivity index (χ3n) is 6.20. The van der Waals surface area contributed by atoms with Gasteiger partial charge in [-0.1, -0.05) is 50.6 Å². The Kier molecular flexibility index (Phi) is 3.86. The van der Waals surface area contributed by atoms with E-state index in [0.717, 1.165) is 0 Å². The minimum Gasteiger partial charge on any atom is -0.200 e. The van der Waals surface area contributed by atoms with Crippen LogP contribution in [-0.2, 0) is 12.5 Å². The van der Waals surface area contributed by atoms with Crippen molar-refractivity contribution in [2.75, 3.05) is 0 Å². The molecule has 0 saturated heterocycles. The average Bonchev–Trinajstić information content (AvgIpc) is 2.88. The van der Waals surface area contributed by atoms with Crippen LogP contribution in [0.1, 0.15) is 66.8 Å². The van der Waals surface area contributed by atoms with Crippen LogP contribution in [-0.4, -0.2) is 0 Å². The van der Waals surface area contributed by atoms with Crippen LogP contribution in [0.15, 0.2) is 36.5 Å². The van der Waals surface area contributed by atoms with Crippen LogP contribution >= 0.6 is 0 Å². The Balaban J connectivity index is 2.13. The molecule has 1 nitrogen and oxygen atoms in total. The van der Waals surface area contributed by atoms with Crippen LogP contribution in [0.3, 0.4) is 0 Å². The normalized spacial score (nSPS) is 13.8. The molecule has 1 heteroatoms. The standard InChI is InChI=1S/C26H30N/c1-15-11-16(2)17(3)21(12-15)23-18(4)22-14-20(26(5,6)7)13-19-9-10-27(8)25(23)24(19)22/h9-14H,1-8H3/q+1. The summed E-state index contributed by atoms with van der Waals surface area (Å²) in [6.07, 6.45) is 2.21. The number of aryl methyl sites for hydroxylation is 3. The molecule has 1 heterocycles. The molecule has 0 radical (unpaired) electrons. The summed E-state index contributed by atoms with van der Waals surface area (Å²) < 4.78 is 2.30. The molecule has 0 saturated carbocycles. The van der Waals surface area contributed by atoms with Crippen molar-refractivity contribution in [1.29, 1.82) is 0 Å². The number of pyridine rings is 1. The van der Waals surface area contributed by atoms with Crippen molar-refractivity contribution in [2.45, 2.75) is 53.9 Å². The third kappa shape index (κ3) is 2.64. The first-order chi connectivity index (χ1) is 12.6. The second-order valence-corrected chi connectivity index (χ2v) is 9.27. The number of aromatic nitrogens is 1. The van der Waals surface area contributed by atoms with Gasteiger partial charge in [0.15, 0.2) is 6.20 Å². The summed E-state index contributed by atoms with van der Waals surface area (Å²) in [4.78, 5) is 0. The van der Waals surface area contributed by atoms with Gasteiger partial charge in [-0.15, -0.1) is 0 Å². The van der Waals surface area contributed by atoms with Crippen molar-refractivity contribution >= 4 is 21.9 Å². The molecule has 138 valence electrons. The highest BCUT2D eigenvalue weighted by Crippen LogP contribution is 2.45. The molecule has 1 aliphatic carbocycles. The SMILES string of the molecule is CC1=C(c2cc(C)cc(C)c2C)c2c3c1cc(C(C)(C)C)cc3cc[n+]2C. The van der Waals surface area contributed by atoms with Crippen LogP contribution < -0.4 is 4.57 Å². The van der Waals surface area contributed by atoms with Crippen molar-refractivity contribution < 1.29 is 4.57 Å². The minimum absolute atomic E-state index is 0.141. The van der Waals surface area contributed by atoms with Crippen LogP contribution in [0.4, 0.5) is 0 Å². The average molecular weight is 357 g/mol. The van der Waals surface area contributed by atoms with Crippen LogP contribution in [0, 0.1) is 20.8 Å². The second kappa shape index (κ2) is 5.79. The number of hydrogen-bond acceptors (Lipinski definition) is 0. The molecule has 27 heavy (non-hydrogen) atoms. The van der Waals surface area contributed by atoms with Gasteiger partial charge in [-0.05, 0) is 71.9 Å². The molecule has 0 bridgehead atoms. The van der Waals surface area contributed by atoms with Gasteiger partial charge in [0.1, 0.15) is 7.05 Å². The zero-order chi connectivity index (χ0) is 19.7. The monoisotopic (exact) mass is 356 g/mol. The summed E-state index contributed by atoms with van der Waals surface area (Å²) in [5.74, 6) is 0. The van der Waals surface area contributed by atoms with Gasteiger partial charge in [0.2, 0.25) is 5.69 Å². The fraction of sp³-hybridized carbons (Fsp3) is 0.346. The largest absolute Gasteiger partial charge is 0.221 e. The Labute approximate surface area is 163 Å². The van der Waals surface area contributed by atoms with Crippen molar-refractivity contribution in [1.82, 2.24) is 0 Å². The van der Waals surface area contributed by atoms with Gasteiger partial charge in [0, 0.05) is 6.07 Å². The fourth-order valence-electron chi connectivity index (χ4n) is 4.47. The number of hydrogen-bond donors (Lipinski definition) is 0. The molecule has 3 aromatic rings. The fourth-order valence-corrected chi connectivity index (χ4v) is 4.47. The maximum atomic E-state index is 2.42. The highest BCUT2D eigenvalue weighted by molar-refractivity contribution is 6.15.